The van der Waals surface area contributed by atoms with Crippen LogP contribution in [0.1, 0.15) is 36.8 Å². The van der Waals surface area contributed by atoms with Gasteiger partial charge in [-0.1, -0.05) is 24.3 Å². The fourth-order valence-corrected chi connectivity index (χ4v) is 2.97. The highest BCUT2D eigenvalue weighted by Gasteiger charge is 2.18. The molecule has 0 radical (unpaired) electrons. The molecule has 4 nitrogen and oxygen atoms in total. The second-order valence-electron chi connectivity index (χ2n) is 6.67. The summed E-state index contributed by atoms with van der Waals surface area (Å²) in [5, 5.41) is 8.43. The molecular formula is C18H30N4. The van der Waals surface area contributed by atoms with Gasteiger partial charge in [-0.05, 0) is 56.9 Å². The first-order valence-electron chi connectivity index (χ1n) is 8.18. The van der Waals surface area contributed by atoms with Gasteiger partial charge < -0.3 is 4.90 Å². The lowest BCUT2D eigenvalue weighted by molar-refractivity contribution is 0.0599. The Morgan fingerprint density at radius 2 is 1.91 bits per heavy atom. The largest absolute Gasteiger partial charge is 0.306 e. The molecule has 0 spiro atoms. The monoisotopic (exact) mass is 302 g/mol. The third kappa shape index (κ3) is 4.82. The van der Waals surface area contributed by atoms with Crippen molar-refractivity contribution in [3.05, 3.63) is 35.4 Å². The summed E-state index contributed by atoms with van der Waals surface area (Å²) in [5.41, 5.74) is 4.00. The second-order valence-corrected chi connectivity index (χ2v) is 6.67. The Labute approximate surface area is 135 Å². The van der Waals surface area contributed by atoms with Crippen LogP contribution in [0.25, 0.3) is 0 Å². The molecule has 1 aromatic rings. The minimum absolute atomic E-state index is 0.720. The van der Waals surface area contributed by atoms with Gasteiger partial charge in [-0.3, -0.25) is 0 Å². The molecule has 1 aromatic carbocycles. The number of benzene rings is 1. The van der Waals surface area contributed by atoms with E-state index in [0.29, 0.717) is 0 Å². The number of hydrogen-bond donors (Lipinski definition) is 0. The van der Waals surface area contributed by atoms with Crippen molar-refractivity contribution in [2.45, 2.75) is 32.1 Å². The van der Waals surface area contributed by atoms with Crippen LogP contribution >= 0.6 is 0 Å². The summed E-state index contributed by atoms with van der Waals surface area (Å²) in [7, 11) is 8.18. The molecule has 0 bridgehead atoms. The van der Waals surface area contributed by atoms with Crippen LogP contribution < -0.4 is 0 Å². The topological polar surface area (TPSA) is 22.1 Å². The van der Waals surface area contributed by atoms with Crippen molar-refractivity contribution in [3.63, 3.8) is 0 Å². The summed E-state index contributed by atoms with van der Waals surface area (Å²) in [6, 6.07) is 9.08. The van der Waals surface area contributed by atoms with Gasteiger partial charge in [-0.25, -0.2) is 10.1 Å². The molecule has 0 unspecified atom stereocenters. The second kappa shape index (κ2) is 7.75. The van der Waals surface area contributed by atoms with Crippen molar-refractivity contribution >= 4 is 5.71 Å². The van der Waals surface area contributed by atoms with Gasteiger partial charge in [-0.15, -0.1) is 0 Å². The van der Waals surface area contributed by atoms with Gasteiger partial charge in [0.1, 0.15) is 0 Å². The average Bonchev–Trinajstić information content (AvgIpc) is 2.48. The maximum Gasteiger partial charge on any atom is 0.0424 e. The Morgan fingerprint density at radius 3 is 2.55 bits per heavy atom. The quantitative estimate of drug-likeness (QED) is 0.617. The summed E-state index contributed by atoms with van der Waals surface area (Å²) in [6.07, 6.45) is 3.46. The van der Waals surface area contributed by atoms with Crippen LogP contribution in [0.3, 0.4) is 0 Å². The highest BCUT2D eigenvalue weighted by Crippen LogP contribution is 2.28. The van der Waals surface area contributed by atoms with Crippen molar-refractivity contribution in [1.82, 2.24) is 15.0 Å². The van der Waals surface area contributed by atoms with Gasteiger partial charge in [-0.2, -0.15) is 5.10 Å². The van der Waals surface area contributed by atoms with E-state index in [9.17, 15) is 0 Å². The predicted molar refractivity (Wildman–Crippen MR) is 94.2 cm³/mol. The predicted octanol–water partition coefficient (Wildman–Crippen LogP) is 2.82. The number of hydrazone groups is 1. The Hall–Kier alpha value is -1.39. The fourth-order valence-electron chi connectivity index (χ4n) is 2.97. The average molecular weight is 302 g/mol. The van der Waals surface area contributed by atoms with Crippen LogP contribution in [0.5, 0.6) is 0 Å². The molecule has 22 heavy (non-hydrogen) atoms. The van der Waals surface area contributed by atoms with Crippen LogP contribution in [0.4, 0.5) is 0 Å². The standard InChI is InChI=1S/C18H30N4/c1-15(19-22(5)20(2)3)13-16-7-6-8-18(14-16)17-9-11-21(4)12-10-17/h6-8,14,17H,9-13H2,1-5H3/b19-15-. The van der Waals surface area contributed by atoms with Gasteiger partial charge in [0, 0.05) is 33.3 Å². The first-order chi connectivity index (χ1) is 10.5. The van der Waals surface area contributed by atoms with E-state index in [-0.39, 0.29) is 0 Å². The molecule has 0 atom stereocenters. The Balaban J connectivity index is 2.02. The van der Waals surface area contributed by atoms with Crippen molar-refractivity contribution in [2.75, 3.05) is 41.3 Å². The zero-order valence-corrected chi connectivity index (χ0v) is 14.7. The van der Waals surface area contributed by atoms with Crippen LogP contribution in [0.2, 0.25) is 0 Å². The van der Waals surface area contributed by atoms with Gasteiger partial charge >= 0.3 is 0 Å². The van der Waals surface area contributed by atoms with Crippen LogP contribution in [-0.2, 0) is 6.42 Å². The number of hydrogen-bond acceptors (Lipinski definition) is 4. The summed E-state index contributed by atoms with van der Waals surface area (Å²) < 4.78 is 0. The maximum atomic E-state index is 4.59. The van der Waals surface area contributed by atoms with E-state index in [4.69, 9.17) is 0 Å². The SMILES string of the molecule is C/C(Cc1cccc(C2CCN(C)CC2)c1)=N/N(C)N(C)C. The third-order valence-corrected chi connectivity index (χ3v) is 4.50. The van der Waals surface area contributed by atoms with Gasteiger partial charge in [0.15, 0.2) is 0 Å². The van der Waals surface area contributed by atoms with Crippen molar-refractivity contribution in [1.29, 1.82) is 0 Å². The molecule has 1 aliphatic rings. The molecule has 122 valence electrons. The molecule has 1 aliphatic heterocycles. The normalized spacial score (nSPS) is 18.0. The van der Waals surface area contributed by atoms with E-state index < -0.39 is 0 Å². The third-order valence-electron chi connectivity index (χ3n) is 4.50. The van der Waals surface area contributed by atoms with E-state index >= 15 is 0 Å². The first kappa shape index (κ1) is 17.0. The van der Waals surface area contributed by atoms with Crippen LogP contribution in [0.15, 0.2) is 29.4 Å². The molecule has 4 heteroatoms. The molecule has 0 amide bonds. The molecule has 0 N–H and O–H groups in total. The molecule has 1 fully saturated rings. The minimum atomic E-state index is 0.720. The van der Waals surface area contributed by atoms with Crippen LogP contribution in [-0.4, -0.2) is 62.0 Å². The van der Waals surface area contributed by atoms with Crippen molar-refractivity contribution in [2.24, 2.45) is 5.10 Å². The summed E-state index contributed by atoms with van der Waals surface area (Å²) in [5.74, 6) is 0.720. The maximum absolute atomic E-state index is 4.59. The molecule has 0 aromatic heterocycles. The van der Waals surface area contributed by atoms with E-state index in [2.05, 4.69) is 48.2 Å². The molecular weight excluding hydrogens is 272 g/mol. The summed E-state index contributed by atoms with van der Waals surface area (Å²) >= 11 is 0. The minimum Gasteiger partial charge on any atom is -0.306 e. The lowest BCUT2D eigenvalue weighted by atomic mass is 9.88. The van der Waals surface area contributed by atoms with Crippen molar-refractivity contribution < 1.29 is 0 Å². The van der Waals surface area contributed by atoms with Crippen LogP contribution in [0, 0.1) is 0 Å². The summed E-state index contributed by atoms with van der Waals surface area (Å²) in [4.78, 5) is 2.42. The number of nitrogens with zero attached hydrogens (tertiary/aromatic N) is 4. The zero-order chi connectivity index (χ0) is 16.1. The van der Waals surface area contributed by atoms with Gasteiger partial charge in [0.25, 0.3) is 0 Å². The van der Waals surface area contributed by atoms with Crippen molar-refractivity contribution in [3.8, 4) is 0 Å². The van der Waals surface area contributed by atoms with Gasteiger partial charge in [0.2, 0.25) is 0 Å². The zero-order valence-electron chi connectivity index (χ0n) is 14.7. The van der Waals surface area contributed by atoms with E-state index in [1.165, 1.54) is 37.1 Å². The molecule has 2 rings (SSSR count). The number of hydrazine groups is 1. The smallest absolute Gasteiger partial charge is 0.0424 e. The molecule has 0 saturated carbocycles. The first-order valence-corrected chi connectivity index (χ1v) is 8.18. The lowest BCUT2D eigenvalue weighted by Crippen LogP contribution is -2.29. The number of rotatable bonds is 5. The Kier molecular flexibility index (Phi) is 5.98. The Bertz CT molecular complexity index is 502. The highest BCUT2D eigenvalue weighted by molar-refractivity contribution is 5.83. The fraction of sp³-hybridized carbons (Fsp3) is 0.611. The van der Waals surface area contributed by atoms with E-state index in [1.54, 1.807) is 0 Å². The van der Waals surface area contributed by atoms with E-state index in [1.807, 2.05) is 31.3 Å². The Morgan fingerprint density at radius 1 is 1.23 bits per heavy atom. The molecule has 1 heterocycles. The number of piperidine rings is 1. The molecule has 0 aliphatic carbocycles. The van der Waals surface area contributed by atoms with E-state index in [0.717, 1.165) is 18.1 Å². The lowest BCUT2D eigenvalue weighted by Gasteiger charge is -2.29. The molecule has 1 saturated heterocycles. The highest BCUT2D eigenvalue weighted by atomic mass is 15.7. The summed E-state index contributed by atoms with van der Waals surface area (Å²) in [6.45, 7) is 4.52. The number of likely N-dealkylation sites (tertiary alicyclic amines) is 1. The van der Waals surface area contributed by atoms with Gasteiger partial charge in [0.05, 0.1) is 0 Å².